The van der Waals surface area contributed by atoms with Crippen molar-refractivity contribution in [1.29, 1.82) is 0 Å². The van der Waals surface area contributed by atoms with Crippen molar-refractivity contribution in [2.45, 2.75) is 88.9 Å². The molecule has 0 aliphatic heterocycles. The molecule has 152 valence electrons. The van der Waals surface area contributed by atoms with Gasteiger partial charge in [-0.05, 0) is 81.0 Å². The molecule has 6 unspecified atom stereocenters. The Bertz CT molecular complexity index is 367. The van der Waals surface area contributed by atoms with Gasteiger partial charge in [0.2, 0.25) is 0 Å². The summed E-state index contributed by atoms with van der Waals surface area (Å²) in [6, 6.07) is 0. The summed E-state index contributed by atoms with van der Waals surface area (Å²) in [4.78, 5) is 0. The van der Waals surface area contributed by atoms with Gasteiger partial charge in [0.1, 0.15) is 12.3 Å². The summed E-state index contributed by atoms with van der Waals surface area (Å²) < 4.78 is 29.1. The molecule has 0 aromatic heterocycles. The summed E-state index contributed by atoms with van der Waals surface area (Å²) in [5.74, 6) is 2.00. The van der Waals surface area contributed by atoms with E-state index < -0.39 is 12.3 Å². The molecule has 3 nitrogen and oxygen atoms in total. The fourth-order valence-corrected chi connectivity index (χ4v) is 5.72. The van der Waals surface area contributed by atoms with Crippen LogP contribution in [0.2, 0.25) is 0 Å². The highest BCUT2D eigenvalue weighted by Crippen LogP contribution is 2.47. The van der Waals surface area contributed by atoms with Crippen LogP contribution in [-0.2, 0) is 0 Å². The summed E-state index contributed by atoms with van der Waals surface area (Å²) in [6.45, 7) is 2.31. The Morgan fingerprint density at radius 3 is 1.68 bits per heavy atom. The van der Waals surface area contributed by atoms with E-state index in [9.17, 15) is 8.78 Å². The molecular formula is C19H37ClF2O3. The molecule has 6 heteroatoms. The van der Waals surface area contributed by atoms with Gasteiger partial charge in [0.25, 0.3) is 0 Å². The molecule has 25 heavy (non-hydrogen) atoms. The standard InChI is InChI=1S/C19H31ClF2.3H2O/c1-12-2-4-13(5-3-12)16-8-6-14(10-18(16)21)17-9-7-15(20)11-19(17)22;;;/h12-19H,2-11H2,1H3;3*1H2. The topological polar surface area (TPSA) is 94.5 Å². The van der Waals surface area contributed by atoms with Crippen LogP contribution in [0, 0.1) is 29.6 Å². The lowest BCUT2D eigenvalue weighted by Gasteiger charge is -2.43. The van der Waals surface area contributed by atoms with Crippen LogP contribution < -0.4 is 0 Å². The molecule has 0 spiro atoms. The van der Waals surface area contributed by atoms with Gasteiger partial charge in [0.05, 0.1) is 0 Å². The molecule has 0 heterocycles. The smallest absolute Gasteiger partial charge is 0.105 e. The normalized spacial score (nSPS) is 44.6. The molecule has 6 atom stereocenters. The van der Waals surface area contributed by atoms with Gasteiger partial charge >= 0.3 is 0 Å². The van der Waals surface area contributed by atoms with Crippen molar-refractivity contribution >= 4 is 11.6 Å². The SMILES string of the molecule is CC1CCC(C2CCC(C3CCC(Cl)CC3F)CC2F)CC1.O.O.O. The molecule has 3 rings (SSSR count). The molecule has 0 aromatic carbocycles. The predicted molar refractivity (Wildman–Crippen MR) is 99.6 cm³/mol. The number of halogens is 3. The Hall–Kier alpha value is 0.0300. The molecule has 3 aliphatic rings. The van der Waals surface area contributed by atoms with Gasteiger partial charge in [-0.1, -0.05) is 19.8 Å². The van der Waals surface area contributed by atoms with Crippen molar-refractivity contribution in [2.75, 3.05) is 0 Å². The third kappa shape index (κ3) is 6.02. The maximum Gasteiger partial charge on any atom is 0.105 e. The second-order valence-electron chi connectivity index (χ2n) is 8.36. The average molecular weight is 387 g/mol. The molecule has 0 bridgehead atoms. The van der Waals surface area contributed by atoms with Gasteiger partial charge in [-0.3, -0.25) is 0 Å². The highest BCUT2D eigenvalue weighted by molar-refractivity contribution is 6.20. The molecule has 3 saturated carbocycles. The molecule has 3 aliphatic carbocycles. The lowest BCUT2D eigenvalue weighted by molar-refractivity contribution is 0.0161. The minimum Gasteiger partial charge on any atom is -0.412 e. The highest BCUT2D eigenvalue weighted by atomic mass is 35.5. The monoisotopic (exact) mass is 386 g/mol. The summed E-state index contributed by atoms with van der Waals surface area (Å²) in [5, 5.41) is -0.00649. The molecule has 0 radical (unpaired) electrons. The third-order valence-corrected chi connectivity index (χ3v) is 7.29. The van der Waals surface area contributed by atoms with Crippen molar-refractivity contribution in [1.82, 2.24) is 0 Å². The van der Waals surface area contributed by atoms with E-state index in [1.54, 1.807) is 0 Å². The van der Waals surface area contributed by atoms with Crippen LogP contribution >= 0.6 is 11.6 Å². The second kappa shape index (κ2) is 11.0. The van der Waals surface area contributed by atoms with Crippen LogP contribution in [0.5, 0.6) is 0 Å². The van der Waals surface area contributed by atoms with Crippen LogP contribution in [0.15, 0.2) is 0 Å². The first-order chi connectivity index (χ1) is 10.5. The fourth-order valence-electron chi connectivity index (χ4n) is 5.43. The molecule has 0 aromatic rings. The highest BCUT2D eigenvalue weighted by Gasteiger charge is 2.42. The number of hydrogen-bond acceptors (Lipinski definition) is 0. The average Bonchev–Trinajstić information content (AvgIpc) is 2.48. The molecule has 0 amide bonds. The van der Waals surface area contributed by atoms with E-state index in [1.165, 1.54) is 25.7 Å². The van der Waals surface area contributed by atoms with E-state index in [0.717, 1.165) is 31.6 Å². The summed E-state index contributed by atoms with van der Waals surface area (Å²) in [5.41, 5.74) is 0. The zero-order valence-corrected chi connectivity index (χ0v) is 16.1. The van der Waals surface area contributed by atoms with E-state index in [0.29, 0.717) is 18.8 Å². The van der Waals surface area contributed by atoms with Gasteiger partial charge in [0, 0.05) is 5.38 Å². The Balaban J connectivity index is 0.00000192. The zero-order valence-electron chi connectivity index (χ0n) is 15.3. The third-order valence-electron chi connectivity index (χ3n) is 6.89. The summed E-state index contributed by atoms with van der Waals surface area (Å²) >= 11 is 6.07. The van der Waals surface area contributed by atoms with Crippen LogP contribution in [0.3, 0.4) is 0 Å². The maximum atomic E-state index is 14.8. The fraction of sp³-hybridized carbons (Fsp3) is 1.00. The number of rotatable bonds is 2. The first-order valence-corrected chi connectivity index (χ1v) is 9.90. The maximum absolute atomic E-state index is 14.8. The summed E-state index contributed by atoms with van der Waals surface area (Å²) in [7, 11) is 0. The first kappa shape index (κ1) is 25.0. The van der Waals surface area contributed by atoms with Crippen LogP contribution in [-0.4, -0.2) is 34.1 Å². The molecular weight excluding hydrogens is 350 g/mol. The van der Waals surface area contributed by atoms with Gasteiger partial charge in [0.15, 0.2) is 0 Å². The van der Waals surface area contributed by atoms with Crippen LogP contribution in [0.1, 0.15) is 71.1 Å². The summed E-state index contributed by atoms with van der Waals surface area (Å²) in [6.07, 6.45) is 8.32. The quantitative estimate of drug-likeness (QED) is 0.644. The Kier molecular flexibility index (Phi) is 11.0. The lowest BCUT2D eigenvalue weighted by Crippen LogP contribution is -2.39. The Labute approximate surface area is 155 Å². The molecule has 6 N–H and O–H groups in total. The first-order valence-electron chi connectivity index (χ1n) is 9.46. The predicted octanol–water partition coefficient (Wildman–Crippen LogP) is 3.84. The van der Waals surface area contributed by atoms with Crippen molar-refractivity contribution in [3.8, 4) is 0 Å². The Morgan fingerprint density at radius 2 is 1.12 bits per heavy atom. The largest absolute Gasteiger partial charge is 0.412 e. The van der Waals surface area contributed by atoms with Gasteiger partial charge < -0.3 is 16.4 Å². The van der Waals surface area contributed by atoms with Gasteiger partial charge in [-0.15, -0.1) is 11.6 Å². The van der Waals surface area contributed by atoms with Gasteiger partial charge in [-0.25, -0.2) is 8.78 Å². The van der Waals surface area contributed by atoms with Crippen LogP contribution in [0.4, 0.5) is 8.78 Å². The second-order valence-corrected chi connectivity index (χ2v) is 8.98. The van der Waals surface area contributed by atoms with Crippen molar-refractivity contribution in [3.05, 3.63) is 0 Å². The van der Waals surface area contributed by atoms with Crippen LogP contribution in [0.25, 0.3) is 0 Å². The van der Waals surface area contributed by atoms with E-state index in [1.807, 2.05) is 0 Å². The van der Waals surface area contributed by atoms with Crippen molar-refractivity contribution in [3.63, 3.8) is 0 Å². The van der Waals surface area contributed by atoms with Gasteiger partial charge in [-0.2, -0.15) is 0 Å². The van der Waals surface area contributed by atoms with E-state index in [-0.39, 0.29) is 39.6 Å². The molecule has 3 fully saturated rings. The zero-order chi connectivity index (χ0) is 15.7. The number of alkyl halides is 3. The van der Waals surface area contributed by atoms with Crippen molar-refractivity contribution in [2.24, 2.45) is 29.6 Å². The van der Waals surface area contributed by atoms with E-state index in [4.69, 9.17) is 11.6 Å². The lowest BCUT2D eigenvalue weighted by atomic mass is 9.64. The van der Waals surface area contributed by atoms with Crippen molar-refractivity contribution < 1.29 is 25.2 Å². The molecule has 0 saturated heterocycles. The minimum absolute atomic E-state index is 0. The van der Waals surface area contributed by atoms with E-state index >= 15 is 0 Å². The van der Waals surface area contributed by atoms with E-state index in [2.05, 4.69) is 6.92 Å². The number of hydrogen-bond donors (Lipinski definition) is 0. The Morgan fingerprint density at radius 1 is 0.640 bits per heavy atom. The minimum atomic E-state index is -0.805.